The molecule has 1 unspecified atom stereocenters. The van der Waals surface area contributed by atoms with E-state index in [0.29, 0.717) is 6.54 Å². The third-order valence-electron chi connectivity index (χ3n) is 3.23. The van der Waals surface area contributed by atoms with Crippen molar-refractivity contribution in [3.8, 4) is 0 Å². The number of hydrogen-bond acceptors (Lipinski definition) is 2. The minimum Gasteiger partial charge on any atom is -0.481 e. The zero-order valence-electron chi connectivity index (χ0n) is 10.9. The lowest BCUT2D eigenvalue weighted by molar-refractivity contribution is -0.146. The molecular weight excluding hydrogens is 244 g/mol. The number of aliphatic carboxylic acids is 1. The Labute approximate surface area is 110 Å². The Hall–Kier alpha value is -2.30. The molecule has 5 nitrogen and oxygen atoms in total. The van der Waals surface area contributed by atoms with E-state index in [2.05, 4.69) is 10.3 Å². The number of rotatable bonds is 4. The molecule has 0 aliphatic rings. The summed E-state index contributed by atoms with van der Waals surface area (Å²) >= 11 is 0. The molecule has 1 amide bonds. The van der Waals surface area contributed by atoms with Crippen molar-refractivity contribution in [2.24, 2.45) is 5.92 Å². The summed E-state index contributed by atoms with van der Waals surface area (Å²) in [5, 5.41) is 12.5. The smallest absolute Gasteiger partial charge is 0.315 e. The van der Waals surface area contributed by atoms with Gasteiger partial charge in [0.2, 0.25) is 5.91 Å². The number of nitrogens with one attached hydrogen (secondary N) is 2. The fraction of sp³-hybridized carbons (Fsp3) is 0.286. The highest BCUT2D eigenvalue weighted by molar-refractivity contribution is 5.96. The predicted octanol–water partition coefficient (Wildman–Crippen LogP) is 1.81. The van der Waals surface area contributed by atoms with Crippen molar-refractivity contribution in [3.05, 3.63) is 35.5 Å². The molecule has 0 aliphatic carbocycles. The Bertz CT molecular complexity index is 631. The summed E-state index contributed by atoms with van der Waals surface area (Å²) in [6, 6.07) is 7.81. The van der Waals surface area contributed by atoms with Crippen molar-refractivity contribution >= 4 is 22.8 Å². The van der Waals surface area contributed by atoms with Crippen molar-refractivity contribution in [1.29, 1.82) is 0 Å². The van der Waals surface area contributed by atoms with Gasteiger partial charge in [0.05, 0.1) is 0 Å². The van der Waals surface area contributed by atoms with Gasteiger partial charge in [0, 0.05) is 23.1 Å². The van der Waals surface area contributed by atoms with Crippen LogP contribution in [-0.2, 0) is 16.1 Å². The van der Waals surface area contributed by atoms with Crippen LogP contribution in [0.4, 0.5) is 0 Å². The summed E-state index contributed by atoms with van der Waals surface area (Å²) in [5.41, 5.74) is 2.97. The molecule has 0 radical (unpaired) electrons. The van der Waals surface area contributed by atoms with Gasteiger partial charge in [-0.25, -0.2) is 0 Å². The van der Waals surface area contributed by atoms with E-state index < -0.39 is 17.8 Å². The number of aryl methyl sites for hydroxylation is 1. The van der Waals surface area contributed by atoms with Crippen LogP contribution < -0.4 is 5.32 Å². The number of carboxylic acids is 1. The summed E-state index contributed by atoms with van der Waals surface area (Å²) < 4.78 is 0. The van der Waals surface area contributed by atoms with Gasteiger partial charge in [-0.1, -0.05) is 18.2 Å². The maximum absolute atomic E-state index is 11.6. The average Bonchev–Trinajstić information content (AvgIpc) is 2.70. The van der Waals surface area contributed by atoms with Gasteiger partial charge >= 0.3 is 5.97 Å². The highest BCUT2D eigenvalue weighted by Gasteiger charge is 2.20. The molecule has 3 N–H and O–H groups in total. The van der Waals surface area contributed by atoms with Gasteiger partial charge in [-0.3, -0.25) is 9.59 Å². The third kappa shape index (κ3) is 2.59. The van der Waals surface area contributed by atoms with Gasteiger partial charge in [0.1, 0.15) is 5.92 Å². The number of para-hydroxylation sites is 1. The summed E-state index contributed by atoms with van der Waals surface area (Å²) in [7, 11) is 0. The molecule has 1 aromatic carbocycles. The van der Waals surface area contributed by atoms with E-state index in [9.17, 15) is 9.59 Å². The number of benzene rings is 1. The minimum atomic E-state index is -1.12. The van der Waals surface area contributed by atoms with Gasteiger partial charge in [-0.2, -0.15) is 0 Å². The Morgan fingerprint density at radius 1 is 1.37 bits per heavy atom. The van der Waals surface area contributed by atoms with Gasteiger partial charge in [0.25, 0.3) is 0 Å². The van der Waals surface area contributed by atoms with Crippen LogP contribution in [0.3, 0.4) is 0 Å². The molecule has 1 atom stereocenters. The summed E-state index contributed by atoms with van der Waals surface area (Å²) in [6.07, 6.45) is 0. The topological polar surface area (TPSA) is 82.2 Å². The van der Waals surface area contributed by atoms with Crippen molar-refractivity contribution in [2.75, 3.05) is 0 Å². The molecule has 0 spiro atoms. The van der Waals surface area contributed by atoms with E-state index in [1.807, 2.05) is 31.2 Å². The SMILES string of the molecule is Cc1[nH]c2ccccc2c1CNC(=O)C(C)C(=O)O. The van der Waals surface area contributed by atoms with E-state index >= 15 is 0 Å². The van der Waals surface area contributed by atoms with Crippen molar-refractivity contribution in [1.82, 2.24) is 10.3 Å². The number of aromatic nitrogens is 1. The molecule has 19 heavy (non-hydrogen) atoms. The molecule has 2 aromatic rings. The van der Waals surface area contributed by atoms with Gasteiger partial charge in [-0.05, 0) is 25.5 Å². The van der Waals surface area contributed by atoms with Crippen LogP contribution in [0.1, 0.15) is 18.2 Å². The Morgan fingerprint density at radius 3 is 2.74 bits per heavy atom. The number of hydrogen-bond donors (Lipinski definition) is 3. The number of carbonyl (C=O) groups is 2. The zero-order valence-corrected chi connectivity index (χ0v) is 10.9. The fourth-order valence-electron chi connectivity index (χ4n) is 2.00. The summed E-state index contributed by atoms with van der Waals surface area (Å²) in [4.78, 5) is 25.6. The number of carbonyl (C=O) groups excluding carboxylic acids is 1. The number of aromatic amines is 1. The molecule has 5 heteroatoms. The van der Waals surface area contributed by atoms with Crippen molar-refractivity contribution < 1.29 is 14.7 Å². The third-order valence-corrected chi connectivity index (χ3v) is 3.23. The van der Waals surface area contributed by atoms with E-state index in [-0.39, 0.29) is 0 Å². The molecule has 1 aromatic heterocycles. The quantitative estimate of drug-likeness (QED) is 0.733. The molecule has 1 heterocycles. The van der Waals surface area contributed by atoms with E-state index in [1.165, 1.54) is 6.92 Å². The first-order chi connectivity index (χ1) is 9.00. The zero-order chi connectivity index (χ0) is 14.0. The molecule has 100 valence electrons. The average molecular weight is 260 g/mol. The first kappa shape index (κ1) is 13.1. The molecule has 0 bridgehead atoms. The maximum atomic E-state index is 11.6. The molecule has 0 saturated carbocycles. The molecule has 0 fully saturated rings. The van der Waals surface area contributed by atoms with E-state index in [1.54, 1.807) is 0 Å². The Morgan fingerprint density at radius 2 is 2.05 bits per heavy atom. The van der Waals surface area contributed by atoms with Crippen LogP contribution in [0.5, 0.6) is 0 Å². The second-order valence-electron chi connectivity index (χ2n) is 4.55. The highest BCUT2D eigenvalue weighted by atomic mass is 16.4. The number of H-pyrrole nitrogens is 1. The van der Waals surface area contributed by atoms with Crippen LogP contribution in [0.15, 0.2) is 24.3 Å². The lowest BCUT2D eigenvalue weighted by Gasteiger charge is -2.08. The first-order valence-corrected chi connectivity index (χ1v) is 6.07. The standard InChI is InChI=1S/C14H16N2O3/c1-8(14(18)19)13(17)15-7-11-9(2)16-12-6-4-3-5-10(11)12/h3-6,8,16H,7H2,1-2H3,(H,15,17)(H,18,19). The largest absolute Gasteiger partial charge is 0.481 e. The highest BCUT2D eigenvalue weighted by Crippen LogP contribution is 2.21. The second-order valence-corrected chi connectivity index (χ2v) is 4.55. The van der Waals surface area contributed by atoms with Gasteiger partial charge in [-0.15, -0.1) is 0 Å². The molecule has 0 aliphatic heterocycles. The second kappa shape index (κ2) is 5.14. The van der Waals surface area contributed by atoms with Crippen LogP contribution in [0.2, 0.25) is 0 Å². The first-order valence-electron chi connectivity index (χ1n) is 6.07. The summed E-state index contributed by atoms with van der Waals surface area (Å²) in [6.45, 7) is 3.63. The monoisotopic (exact) mass is 260 g/mol. The van der Waals surface area contributed by atoms with Gasteiger partial charge < -0.3 is 15.4 Å². The minimum absolute atomic E-state index is 0.326. The summed E-state index contributed by atoms with van der Waals surface area (Å²) in [5.74, 6) is -2.63. The molecular formula is C14H16N2O3. The maximum Gasteiger partial charge on any atom is 0.315 e. The lowest BCUT2D eigenvalue weighted by Crippen LogP contribution is -2.33. The van der Waals surface area contributed by atoms with Crippen LogP contribution in [-0.4, -0.2) is 22.0 Å². The predicted molar refractivity (Wildman–Crippen MR) is 71.7 cm³/mol. The van der Waals surface area contributed by atoms with Crippen LogP contribution >= 0.6 is 0 Å². The number of carboxylic acid groups (broad SMARTS) is 1. The van der Waals surface area contributed by atoms with E-state index in [0.717, 1.165) is 22.2 Å². The lowest BCUT2D eigenvalue weighted by atomic mass is 10.1. The number of fused-ring (bicyclic) bond motifs is 1. The molecule has 0 saturated heterocycles. The van der Waals surface area contributed by atoms with Crippen molar-refractivity contribution in [3.63, 3.8) is 0 Å². The van der Waals surface area contributed by atoms with E-state index in [4.69, 9.17) is 5.11 Å². The van der Waals surface area contributed by atoms with Crippen molar-refractivity contribution in [2.45, 2.75) is 20.4 Å². The van der Waals surface area contributed by atoms with Crippen LogP contribution in [0, 0.1) is 12.8 Å². The normalized spacial score (nSPS) is 12.3. The van der Waals surface area contributed by atoms with Crippen LogP contribution in [0.25, 0.3) is 10.9 Å². The van der Waals surface area contributed by atoms with Gasteiger partial charge in [0.15, 0.2) is 0 Å². The Balaban J connectivity index is 2.16. The molecule has 2 rings (SSSR count). The number of amides is 1. The fourth-order valence-corrected chi connectivity index (χ4v) is 2.00. The Kier molecular flexibility index (Phi) is 3.55.